The van der Waals surface area contributed by atoms with Crippen molar-refractivity contribution in [1.29, 1.82) is 0 Å². The highest BCUT2D eigenvalue weighted by molar-refractivity contribution is 6.05. The van der Waals surface area contributed by atoms with Crippen LogP contribution in [0.3, 0.4) is 0 Å². The molecule has 1 aromatic rings. The molecule has 0 saturated heterocycles. The van der Waals surface area contributed by atoms with E-state index in [2.05, 4.69) is 11.7 Å². The van der Waals surface area contributed by atoms with Gasteiger partial charge >= 0.3 is 22.2 Å². The van der Waals surface area contributed by atoms with Crippen LogP contribution in [0.25, 0.3) is 0 Å². The Hall–Kier alpha value is -1.12. The lowest BCUT2D eigenvalue weighted by Crippen LogP contribution is -2.41. The second kappa shape index (κ2) is 4.40. The van der Waals surface area contributed by atoms with E-state index in [9.17, 15) is 9.59 Å². The van der Waals surface area contributed by atoms with Gasteiger partial charge in [0.15, 0.2) is 0 Å². The van der Waals surface area contributed by atoms with E-state index in [1.165, 1.54) is 14.4 Å². The molecule has 1 atom stereocenters. The van der Waals surface area contributed by atoms with Crippen molar-refractivity contribution in [2.24, 2.45) is 5.92 Å². The zero-order valence-electron chi connectivity index (χ0n) is 8.30. The summed E-state index contributed by atoms with van der Waals surface area (Å²) in [6.07, 6.45) is 2.88. The topological polar surface area (TPSA) is 56.9 Å². The summed E-state index contributed by atoms with van der Waals surface area (Å²) in [5, 5.41) is 3.68. The summed E-state index contributed by atoms with van der Waals surface area (Å²) >= 11 is 0.482. The third kappa shape index (κ3) is 2.22. The van der Waals surface area contributed by atoms with E-state index in [0.717, 1.165) is 0 Å². The predicted octanol–water partition coefficient (Wildman–Crippen LogP) is -1.38. The maximum Gasteiger partial charge on any atom is 0.406 e. The molecule has 0 spiro atoms. The molecule has 1 aromatic heterocycles. The van der Waals surface area contributed by atoms with Crippen LogP contribution in [0.15, 0.2) is 28.4 Å². The molecule has 5 nitrogen and oxygen atoms in total. The molecule has 0 fully saturated rings. The minimum absolute atomic E-state index is 0.101. The zero-order chi connectivity index (χ0) is 10.7. The largest absolute Gasteiger partial charge is 0.406 e. The lowest BCUT2D eigenvalue weighted by atomic mass is 10.2. The molecule has 14 heavy (non-hydrogen) atoms. The predicted molar refractivity (Wildman–Crippen MR) is 56.1 cm³/mol. The van der Waals surface area contributed by atoms with Gasteiger partial charge in [0, 0.05) is 6.54 Å². The van der Waals surface area contributed by atoms with Gasteiger partial charge < -0.3 is 3.67 Å². The Balaban J connectivity index is 3.20. The van der Waals surface area contributed by atoms with E-state index in [1.807, 2.05) is 6.92 Å². The van der Waals surface area contributed by atoms with Crippen LogP contribution in [-0.2, 0) is 6.54 Å². The third-order valence-corrected chi connectivity index (χ3v) is 2.60. The first-order valence-corrected chi connectivity index (χ1v) is 5.21. The molecule has 74 valence electrons. The number of hydrogen-bond acceptors (Lipinski definition) is 3. The molecule has 0 amide bonds. The van der Waals surface area contributed by atoms with Crippen molar-refractivity contribution in [2.45, 2.75) is 13.5 Å². The van der Waals surface area contributed by atoms with Gasteiger partial charge in [-0.25, -0.2) is 4.79 Å². The summed E-state index contributed by atoms with van der Waals surface area (Å²) in [4.78, 5) is 22.8. The van der Waals surface area contributed by atoms with Gasteiger partial charge in [-0.1, -0.05) is 13.0 Å². The second-order valence-corrected chi connectivity index (χ2v) is 4.06. The molecular formula is C8H12AlN3O2. The van der Waals surface area contributed by atoms with E-state index in [-0.39, 0.29) is 17.2 Å². The fourth-order valence-corrected chi connectivity index (χ4v) is 1.41. The molecule has 0 radical (unpaired) electrons. The maximum absolute atomic E-state index is 11.5. The lowest BCUT2D eigenvalue weighted by Gasteiger charge is -2.08. The van der Waals surface area contributed by atoms with E-state index < -0.39 is 0 Å². The monoisotopic (exact) mass is 209 g/mol. The Labute approximate surface area is 89.3 Å². The smallest absolute Gasteiger partial charge is 0.323 e. The standard InChI is InChI=1S/C8H11N3O2.Al.2H/c1-3-6(2)5-11-7(12)4-9-10-8(11)13;;;/h3-4,6H,1,5H2,2H3,(H,10,12,13);;;/q;+1;;/p-1. The summed E-state index contributed by atoms with van der Waals surface area (Å²) < 4.78 is 2.46. The average Bonchev–Trinajstić information content (AvgIpc) is 2.18. The highest BCUT2D eigenvalue weighted by Gasteiger charge is 2.05. The van der Waals surface area contributed by atoms with Crippen LogP contribution in [0.1, 0.15) is 6.92 Å². The van der Waals surface area contributed by atoms with E-state index in [4.69, 9.17) is 0 Å². The molecule has 0 aliphatic carbocycles. The second-order valence-electron chi connectivity index (χ2n) is 3.21. The first-order chi connectivity index (χ1) is 6.56. The Bertz CT molecular complexity index is 449. The Kier molecular flexibility index (Phi) is 3.45. The van der Waals surface area contributed by atoms with Crippen LogP contribution in [0.4, 0.5) is 0 Å². The van der Waals surface area contributed by atoms with E-state index >= 15 is 0 Å². The molecule has 1 rings (SSSR count). The summed E-state index contributed by atoms with van der Waals surface area (Å²) in [6, 6.07) is 0. The normalized spacial score (nSPS) is 12.4. The van der Waals surface area contributed by atoms with Crippen molar-refractivity contribution in [1.82, 2.24) is 13.3 Å². The quantitative estimate of drug-likeness (QED) is 0.455. The molecule has 0 saturated carbocycles. The molecule has 0 aliphatic heterocycles. The fourth-order valence-electron chi connectivity index (χ4n) is 1.05. The highest BCUT2D eigenvalue weighted by Crippen LogP contribution is 1.95. The van der Waals surface area contributed by atoms with Crippen LogP contribution in [-0.4, -0.2) is 29.8 Å². The van der Waals surface area contributed by atoms with Crippen LogP contribution in [0.2, 0.25) is 0 Å². The zero-order valence-corrected chi connectivity index (χ0v) is 10.3. The summed E-state index contributed by atoms with van der Waals surface area (Å²) in [5.41, 5.74) is -0.686. The van der Waals surface area contributed by atoms with Crippen molar-refractivity contribution in [3.8, 4) is 0 Å². The SMILES string of the molecule is C=CC(C)Cn1c(=O)cn[n]([AlH2])c1=O. The van der Waals surface area contributed by atoms with Gasteiger partial charge in [-0.3, -0.25) is 9.36 Å². The van der Waals surface area contributed by atoms with Gasteiger partial charge in [-0.2, -0.15) is 5.10 Å². The van der Waals surface area contributed by atoms with Crippen molar-refractivity contribution >= 4 is 16.5 Å². The molecule has 0 aliphatic rings. The third-order valence-electron chi connectivity index (χ3n) is 1.99. The minimum Gasteiger partial charge on any atom is -0.323 e. The summed E-state index contributed by atoms with van der Waals surface area (Å²) in [5.74, 6) is 0.101. The van der Waals surface area contributed by atoms with Gasteiger partial charge in [0.25, 0.3) is 5.56 Å². The molecule has 0 bridgehead atoms. The molecular weight excluding hydrogens is 197 g/mol. The Morgan fingerprint density at radius 2 is 2.36 bits per heavy atom. The molecule has 6 heteroatoms. The minimum atomic E-state index is -0.351. The first kappa shape index (κ1) is 11.0. The highest BCUT2D eigenvalue weighted by atomic mass is 27.1. The van der Waals surface area contributed by atoms with Crippen molar-refractivity contribution in [3.63, 3.8) is 0 Å². The molecule has 1 heterocycles. The molecule has 1 unspecified atom stereocenters. The Morgan fingerprint density at radius 3 is 2.93 bits per heavy atom. The van der Waals surface area contributed by atoms with Gasteiger partial charge in [0.2, 0.25) is 0 Å². The van der Waals surface area contributed by atoms with Crippen LogP contribution in [0.5, 0.6) is 0 Å². The van der Waals surface area contributed by atoms with Crippen molar-refractivity contribution in [2.75, 3.05) is 0 Å². The average molecular weight is 209 g/mol. The van der Waals surface area contributed by atoms with Gasteiger partial charge in [-0.15, -0.1) is 6.58 Å². The van der Waals surface area contributed by atoms with Crippen molar-refractivity contribution in [3.05, 3.63) is 39.7 Å². The van der Waals surface area contributed by atoms with Gasteiger partial charge in [0.1, 0.15) is 6.20 Å². The molecule has 0 aromatic carbocycles. The summed E-state index contributed by atoms with van der Waals surface area (Å²) in [7, 11) is 0. The number of allylic oxidation sites excluding steroid dienone is 1. The molecule has 0 N–H and O–H groups in total. The van der Waals surface area contributed by atoms with Gasteiger partial charge in [0.05, 0.1) is 0 Å². The number of rotatable bonds is 3. The number of hydrogen-bond donors (Lipinski definition) is 0. The number of aromatic nitrogens is 3. The van der Waals surface area contributed by atoms with E-state index in [1.54, 1.807) is 6.08 Å². The first-order valence-electron chi connectivity index (χ1n) is 4.32. The Morgan fingerprint density at radius 1 is 1.71 bits per heavy atom. The van der Waals surface area contributed by atoms with Gasteiger partial charge in [-0.05, 0) is 5.92 Å². The van der Waals surface area contributed by atoms with E-state index in [0.29, 0.717) is 23.1 Å². The summed E-state index contributed by atoms with van der Waals surface area (Å²) in [6.45, 7) is 5.87. The van der Waals surface area contributed by atoms with Crippen LogP contribution < -0.4 is 11.2 Å². The maximum atomic E-state index is 11.5. The fraction of sp³-hybridized carbons (Fsp3) is 0.375. The van der Waals surface area contributed by atoms with Crippen molar-refractivity contribution < 1.29 is 0 Å². The van der Waals surface area contributed by atoms with Crippen LogP contribution >= 0.6 is 0 Å². The number of nitrogens with zero attached hydrogens (tertiary/aromatic N) is 3. The lowest BCUT2D eigenvalue weighted by molar-refractivity contribution is 0.515. The van der Waals surface area contributed by atoms with Crippen LogP contribution in [0, 0.1) is 5.92 Å².